The number of benzene rings is 1. The number of hydrogen-bond acceptors (Lipinski definition) is 4. The van der Waals surface area contributed by atoms with Crippen molar-refractivity contribution in [3.05, 3.63) is 29.8 Å². The summed E-state index contributed by atoms with van der Waals surface area (Å²) >= 11 is 4.23. The Labute approximate surface area is 126 Å². The number of carbonyl (C=O) groups is 1. The highest BCUT2D eigenvalue weighted by molar-refractivity contribution is 7.80. The first-order valence-corrected chi connectivity index (χ1v) is 7.66. The summed E-state index contributed by atoms with van der Waals surface area (Å²) < 4.78 is 0. The Hall–Kier alpha value is -1.04. The van der Waals surface area contributed by atoms with Crippen LogP contribution in [0.1, 0.15) is 12.0 Å². The number of rotatable bonds is 6. The molecule has 1 saturated heterocycles. The number of hydrogen-bond donors (Lipinski definition) is 3. The number of thiol groups is 1. The summed E-state index contributed by atoms with van der Waals surface area (Å²) in [5.74, 6) is 0.0947. The fourth-order valence-electron chi connectivity index (χ4n) is 2.33. The second-order valence-corrected chi connectivity index (χ2v) is 5.65. The lowest BCUT2D eigenvalue weighted by Crippen LogP contribution is -2.44. The number of nitrogens with one attached hydrogen (secondary N) is 2. The van der Waals surface area contributed by atoms with Crippen LogP contribution >= 0.6 is 12.6 Å². The number of nitrogens with zero attached hydrogens (tertiary/aromatic N) is 1. The SMILES string of the molecule is O=C(Cc1ccc(S)cc1)NCCCN1CCNCC1. The molecule has 5 heteroatoms. The van der Waals surface area contributed by atoms with E-state index in [1.165, 1.54) is 0 Å². The van der Waals surface area contributed by atoms with Gasteiger partial charge in [0.1, 0.15) is 0 Å². The zero-order valence-electron chi connectivity index (χ0n) is 11.8. The van der Waals surface area contributed by atoms with Gasteiger partial charge >= 0.3 is 0 Å². The first-order chi connectivity index (χ1) is 9.74. The summed E-state index contributed by atoms with van der Waals surface area (Å²) in [6.07, 6.45) is 1.46. The molecule has 1 aromatic carbocycles. The van der Waals surface area contributed by atoms with Crippen molar-refractivity contribution in [1.82, 2.24) is 15.5 Å². The third-order valence-electron chi connectivity index (χ3n) is 3.48. The second kappa shape index (κ2) is 8.29. The van der Waals surface area contributed by atoms with Gasteiger partial charge < -0.3 is 15.5 Å². The van der Waals surface area contributed by atoms with Crippen molar-refractivity contribution in [3.8, 4) is 0 Å². The molecule has 0 radical (unpaired) electrons. The molecule has 1 fully saturated rings. The van der Waals surface area contributed by atoms with Crippen molar-refractivity contribution in [3.63, 3.8) is 0 Å². The van der Waals surface area contributed by atoms with Crippen LogP contribution in [0.2, 0.25) is 0 Å². The molecule has 2 N–H and O–H groups in total. The average molecular weight is 293 g/mol. The molecule has 0 unspecified atom stereocenters. The van der Waals surface area contributed by atoms with Crippen LogP contribution in [-0.2, 0) is 11.2 Å². The monoisotopic (exact) mass is 293 g/mol. The fraction of sp³-hybridized carbons (Fsp3) is 0.533. The lowest BCUT2D eigenvalue weighted by atomic mass is 10.1. The van der Waals surface area contributed by atoms with Crippen LogP contribution in [0, 0.1) is 0 Å². The van der Waals surface area contributed by atoms with Gasteiger partial charge in [-0.05, 0) is 30.7 Å². The maximum Gasteiger partial charge on any atom is 0.224 e. The molecule has 2 rings (SSSR count). The van der Waals surface area contributed by atoms with Crippen LogP contribution < -0.4 is 10.6 Å². The molecule has 0 atom stereocenters. The summed E-state index contributed by atoms with van der Waals surface area (Å²) in [5, 5.41) is 6.32. The summed E-state index contributed by atoms with van der Waals surface area (Å²) in [6, 6.07) is 7.72. The van der Waals surface area contributed by atoms with Gasteiger partial charge in [0.15, 0.2) is 0 Å². The van der Waals surface area contributed by atoms with E-state index < -0.39 is 0 Å². The highest BCUT2D eigenvalue weighted by Gasteiger charge is 2.08. The van der Waals surface area contributed by atoms with E-state index in [1.807, 2.05) is 24.3 Å². The van der Waals surface area contributed by atoms with Crippen molar-refractivity contribution >= 4 is 18.5 Å². The number of amides is 1. The molecule has 0 aromatic heterocycles. The summed E-state index contributed by atoms with van der Waals surface area (Å²) in [6.45, 7) is 6.21. The first-order valence-electron chi connectivity index (χ1n) is 7.22. The molecule has 20 heavy (non-hydrogen) atoms. The molecule has 1 aliphatic rings. The van der Waals surface area contributed by atoms with Crippen LogP contribution in [0.4, 0.5) is 0 Å². The van der Waals surface area contributed by atoms with E-state index in [-0.39, 0.29) is 5.91 Å². The molecular weight excluding hydrogens is 270 g/mol. The van der Waals surface area contributed by atoms with Crippen LogP contribution in [0.25, 0.3) is 0 Å². The smallest absolute Gasteiger partial charge is 0.224 e. The third kappa shape index (κ3) is 5.53. The molecule has 0 aliphatic carbocycles. The van der Waals surface area contributed by atoms with Gasteiger partial charge in [0.2, 0.25) is 5.91 Å². The topological polar surface area (TPSA) is 44.4 Å². The molecule has 0 spiro atoms. The van der Waals surface area contributed by atoms with Gasteiger partial charge in [-0.2, -0.15) is 0 Å². The Bertz CT molecular complexity index is 416. The molecule has 1 heterocycles. The Kier molecular flexibility index (Phi) is 6.36. The molecular formula is C15H23N3OS. The molecule has 1 amide bonds. The van der Waals surface area contributed by atoms with Crippen LogP contribution in [-0.4, -0.2) is 50.1 Å². The van der Waals surface area contributed by atoms with E-state index in [0.29, 0.717) is 6.42 Å². The normalized spacial score (nSPS) is 16.1. The third-order valence-corrected chi connectivity index (χ3v) is 3.78. The quantitative estimate of drug-likeness (QED) is 0.540. The van der Waals surface area contributed by atoms with Gasteiger partial charge in [0.25, 0.3) is 0 Å². The molecule has 1 aromatic rings. The van der Waals surface area contributed by atoms with Gasteiger partial charge in [0, 0.05) is 37.6 Å². The maximum atomic E-state index is 11.8. The summed E-state index contributed by atoms with van der Waals surface area (Å²) in [5.41, 5.74) is 1.03. The zero-order chi connectivity index (χ0) is 14.2. The molecule has 4 nitrogen and oxygen atoms in total. The standard InChI is InChI=1S/C15H23N3OS/c19-15(12-13-2-4-14(20)5-3-13)17-6-1-9-18-10-7-16-8-11-18/h2-5,16,20H,1,6-12H2,(H,17,19). The number of carbonyl (C=O) groups excluding carboxylic acids is 1. The Morgan fingerprint density at radius 2 is 1.95 bits per heavy atom. The summed E-state index contributed by atoms with van der Waals surface area (Å²) in [4.78, 5) is 15.2. The van der Waals surface area contributed by atoms with Crippen molar-refractivity contribution < 1.29 is 4.79 Å². The molecule has 0 saturated carbocycles. The van der Waals surface area contributed by atoms with Crippen LogP contribution in [0.5, 0.6) is 0 Å². The molecule has 0 bridgehead atoms. The van der Waals surface area contributed by atoms with Crippen molar-refractivity contribution in [1.29, 1.82) is 0 Å². The Morgan fingerprint density at radius 3 is 2.65 bits per heavy atom. The lowest BCUT2D eigenvalue weighted by molar-refractivity contribution is -0.120. The Morgan fingerprint density at radius 1 is 1.25 bits per heavy atom. The first kappa shape index (κ1) is 15.4. The van der Waals surface area contributed by atoms with Crippen molar-refractivity contribution in [2.45, 2.75) is 17.7 Å². The average Bonchev–Trinajstić information content (AvgIpc) is 2.47. The van der Waals surface area contributed by atoms with Gasteiger partial charge in [-0.25, -0.2) is 0 Å². The molecule has 110 valence electrons. The number of piperazine rings is 1. The van der Waals surface area contributed by atoms with E-state index in [9.17, 15) is 4.79 Å². The van der Waals surface area contributed by atoms with Crippen molar-refractivity contribution in [2.24, 2.45) is 0 Å². The second-order valence-electron chi connectivity index (χ2n) is 5.14. The van der Waals surface area contributed by atoms with E-state index >= 15 is 0 Å². The van der Waals surface area contributed by atoms with E-state index in [4.69, 9.17) is 0 Å². The van der Waals surface area contributed by atoms with E-state index in [0.717, 1.165) is 56.1 Å². The van der Waals surface area contributed by atoms with Gasteiger partial charge in [-0.1, -0.05) is 12.1 Å². The predicted molar refractivity (Wildman–Crippen MR) is 84.3 cm³/mol. The van der Waals surface area contributed by atoms with Gasteiger partial charge in [-0.15, -0.1) is 12.6 Å². The van der Waals surface area contributed by atoms with Gasteiger partial charge in [0.05, 0.1) is 6.42 Å². The lowest BCUT2D eigenvalue weighted by Gasteiger charge is -2.27. The minimum absolute atomic E-state index is 0.0947. The minimum atomic E-state index is 0.0947. The summed E-state index contributed by atoms with van der Waals surface area (Å²) in [7, 11) is 0. The Balaban J connectivity index is 1.59. The minimum Gasteiger partial charge on any atom is -0.356 e. The maximum absolute atomic E-state index is 11.8. The van der Waals surface area contributed by atoms with Gasteiger partial charge in [-0.3, -0.25) is 4.79 Å². The van der Waals surface area contributed by atoms with E-state index in [2.05, 4.69) is 28.2 Å². The highest BCUT2D eigenvalue weighted by Crippen LogP contribution is 2.08. The van der Waals surface area contributed by atoms with Crippen LogP contribution in [0.3, 0.4) is 0 Å². The highest BCUT2D eigenvalue weighted by atomic mass is 32.1. The van der Waals surface area contributed by atoms with Crippen molar-refractivity contribution in [2.75, 3.05) is 39.3 Å². The van der Waals surface area contributed by atoms with E-state index in [1.54, 1.807) is 0 Å². The predicted octanol–water partition coefficient (Wildman–Crippen LogP) is 0.929. The fourth-order valence-corrected chi connectivity index (χ4v) is 2.48. The zero-order valence-corrected chi connectivity index (χ0v) is 12.7. The largest absolute Gasteiger partial charge is 0.356 e. The van der Waals surface area contributed by atoms with Crippen LogP contribution in [0.15, 0.2) is 29.2 Å². The molecule has 1 aliphatic heterocycles.